The highest BCUT2D eigenvalue weighted by atomic mass is 16.5. The van der Waals surface area contributed by atoms with Gasteiger partial charge in [0.2, 0.25) is 0 Å². The van der Waals surface area contributed by atoms with Gasteiger partial charge in [0.15, 0.2) is 5.58 Å². The van der Waals surface area contributed by atoms with Crippen LogP contribution in [0.15, 0.2) is 22.7 Å². The minimum Gasteiger partial charge on any atom is -0.497 e. The maximum Gasteiger partial charge on any atom is 0.167 e. The van der Waals surface area contributed by atoms with Crippen LogP contribution >= 0.6 is 0 Å². The van der Waals surface area contributed by atoms with Crippen LogP contribution in [0.4, 0.5) is 0 Å². The van der Waals surface area contributed by atoms with Crippen LogP contribution in [0.5, 0.6) is 5.75 Å². The van der Waals surface area contributed by atoms with E-state index in [9.17, 15) is 0 Å². The van der Waals surface area contributed by atoms with E-state index in [1.807, 2.05) is 18.2 Å². The van der Waals surface area contributed by atoms with Crippen LogP contribution < -0.4 is 10.5 Å². The topological polar surface area (TPSA) is 61.3 Å². The van der Waals surface area contributed by atoms with Crippen molar-refractivity contribution in [2.75, 3.05) is 7.11 Å². The van der Waals surface area contributed by atoms with Crippen LogP contribution in [-0.4, -0.2) is 12.3 Å². The lowest BCUT2D eigenvalue weighted by Gasteiger charge is -1.97. The molecule has 0 aliphatic carbocycles. The quantitative estimate of drug-likeness (QED) is 0.752. The predicted molar refractivity (Wildman–Crippen MR) is 48.5 cm³/mol. The highest BCUT2D eigenvalue weighted by Gasteiger charge is 2.06. The number of ether oxygens (including phenoxy) is 1. The van der Waals surface area contributed by atoms with Crippen molar-refractivity contribution in [2.45, 2.75) is 6.54 Å². The number of benzene rings is 1. The maximum atomic E-state index is 5.49. The Morgan fingerprint density at radius 3 is 3.08 bits per heavy atom. The summed E-state index contributed by atoms with van der Waals surface area (Å²) >= 11 is 0. The molecule has 68 valence electrons. The van der Waals surface area contributed by atoms with Crippen molar-refractivity contribution in [2.24, 2.45) is 5.73 Å². The SMILES string of the molecule is COc1ccc2onc(CN)c2c1. The van der Waals surface area contributed by atoms with Crippen molar-refractivity contribution in [1.82, 2.24) is 5.16 Å². The molecule has 0 atom stereocenters. The molecule has 0 bridgehead atoms. The van der Waals surface area contributed by atoms with Crippen LogP contribution in [-0.2, 0) is 6.54 Å². The fourth-order valence-electron chi connectivity index (χ4n) is 1.24. The zero-order valence-electron chi connectivity index (χ0n) is 7.28. The third kappa shape index (κ3) is 1.25. The molecule has 0 saturated heterocycles. The molecule has 2 aromatic rings. The van der Waals surface area contributed by atoms with Crippen molar-refractivity contribution < 1.29 is 9.26 Å². The number of fused-ring (bicyclic) bond motifs is 1. The summed E-state index contributed by atoms with van der Waals surface area (Å²) in [5.41, 5.74) is 6.98. The Morgan fingerprint density at radius 2 is 2.38 bits per heavy atom. The second kappa shape index (κ2) is 3.06. The van der Waals surface area contributed by atoms with Gasteiger partial charge in [-0.3, -0.25) is 0 Å². The van der Waals surface area contributed by atoms with E-state index in [1.165, 1.54) is 0 Å². The van der Waals surface area contributed by atoms with Gasteiger partial charge in [-0.15, -0.1) is 0 Å². The van der Waals surface area contributed by atoms with E-state index >= 15 is 0 Å². The average Bonchev–Trinajstić information content (AvgIpc) is 2.59. The third-order valence-electron chi connectivity index (χ3n) is 1.95. The Kier molecular flexibility index (Phi) is 1.90. The Hall–Kier alpha value is -1.55. The summed E-state index contributed by atoms with van der Waals surface area (Å²) in [4.78, 5) is 0. The van der Waals surface area contributed by atoms with E-state index in [0.717, 1.165) is 22.4 Å². The molecule has 0 unspecified atom stereocenters. The zero-order chi connectivity index (χ0) is 9.26. The van der Waals surface area contributed by atoms with Gasteiger partial charge in [0.25, 0.3) is 0 Å². The lowest BCUT2D eigenvalue weighted by atomic mass is 10.2. The number of hydrogen-bond acceptors (Lipinski definition) is 4. The minimum absolute atomic E-state index is 0.375. The molecule has 1 heterocycles. The van der Waals surface area contributed by atoms with Gasteiger partial charge >= 0.3 is 0 Å². The van der Waals surface area contributed by atoms with Gasteiger partial charge in [-0.05, 0) is 18.2 Å². The molecule has 13 heavy (non-hydrogen) atoms. The fourth-order valence-corrected chi connectivity index (χ4v) is 1.24. The Labute approximate surface area is 75.3 Å². The van der Waals surface area contributed by atoms with Crippen molar-refractivity contribution in [3.8, 4) is 5.75 Å². The third-order valence-corrected chi connectivity index (χ3v) is 1.95. The Bertz CT molecular complexity index is 422. The number of nitrogens with two attached hydrogens (primary N) is 1. The van der Waals surface area contributed by atoms with Crippen LogP contribution in [0, 0.1) is 0 Å². The van der Waals surface area contributed by atoms with Gasteiger partial charge in [0.05, 0.1) is 7.11 Å². The van der Waals surface area contributed by atoms with E-state index in [1.54, 1.807) is 7.11 Å². The summed E-state index contributed by atoms with van der Waals surface area (Å²) in [7, 11) is 1.62. The highest BCUT2D eigenvalue weighted by Crippen LogP contribution is 2.23. The van der Waals surface area contributed by atoms with Gasteiger partial charge < -0.3 is 15.0 Å². The number of hydrogen-bond donors (Lipinski definition) is 1. The predicted octanol–water partition coefficient (Wildman–Crippen LogP) is 1.30. The summed E-state index contributed by atoms with van der Waals surface area (Å²) < 4.78 is 10.1. The van der Waals surface area contributed by atoms with Crippen molar-refractivity contribution in [3.05, 3.63) is 23.9 Å². The van der Waals surface area contributed by atoms with Crippen LogP contribution in [0.2, 0.25) is 0 Å². The van der Waals surface area contributed by atoms with Gasteiger partial charge in [-0.2, -0.15) is 0 Å². The molecule has 0 aliphatic heterocycles. The van der Waals surface area contributed by atoms with E-state index in [4.69, 9.17) is 15.0 Å². The van der Waals surface area contributed by atoms with Crippen molar-refractivity contribution >= 4 is 11.0 Å². The first-order valence-electron chi connectivity index (χ1n) is 3.97. The Morgan fingerprint density at radius 1 is 1.54 bits per heavy atom. The summed E-state index contributed by atoms with van der Waals surface area (Å²) in [6.07, 6.45) is 0. The molecular formula is C9H10N2O2. The number of nitrogens with zero attached hydrogens (tertiary/aromatic N) is 1. The monoisotopic (exact) mass is 178 g/mol. The summed E-state index contributed by atoms with van der Waals surface area (Å²) in [5, 5.41) is 4.75. The van der Waals surface area contributed by atoms with E-state index < -0.39 is 0 Å². The molecule has 0 spiro atoms. The second-order valence-corrected chi connectivity index (χ2v) is 2.70. The molecule has 0 amide bonds. The molecule has 1 aromatic heterocycles. The molecule has 0 fully saturated rings. The van der Waals surface area contributed by atoms with Crippen molar-refractivity contribution in [3.63, 3.8) is 0 Å². The number of methoxy groups -OCH3 is 1. The van der Waals surface area contributed by atoms with Gasteiger partial charge in [0, 0.05) is 11.9 Å². The average molecular weight is 178 g/mol. The molecule has 4 heteroatoms. The second-order valence-electron chi connectivity index (χ2n) is 2.70. The van der Waals surface area contributed by atoms with Crippen LogP contribution in [0.1, 0.15) is 5.69 Å². The first kappa shape index (κ1) is 8.07. The van der Waals surface area contributed by atoms with Gasteiger partial charge in [-0.25, -0.2) is 0 Å². The fraction of sp³-hybridized carbons (Fsp3) is 0.222. The normalized spacial score (nSPS) is 10.6. The van der Waals surface area contributed by atoms with Gasteiger partial charge in [0.1, 0.15) is 11.4 Å². The zero-order valence-corrected chi connectivity index (χ0v) is 7.28. The molecule has 4 nitrogen and oxygen atoms in total. The number of rotatable bonds is 2. The Balaban J connectivity index is 2.64. The minimum atomic E-state index is 0.375. The first-order valence-corrected chi connectivity index (χ1v) is 3.97. The summed E-state index contributed by atoms with van der Waals surface area (Å²) in [6.45, 7) is 0.375. The lowest BCUT2D eigenvalue weighted by molar-refractivity contribution is 0.415. The first-order chi connectivity index (χ1) is 6.35. The van der Waals surface area contributed by atoms with Gasteiger partial charge in [-0.1, -0.05) is 5.16 Å². The van der Waals surface area contributed by atoms with E-state index in [0.29, 0.717) is 6.54 Å². The summed E-state index contributed by atoms with van der Waals surface area (Å²) in [5.74, 6) is 0.783. The molecular weight excluding hydrogens is 168 g/mol. The lowest BCUT2D eigenvalue weighted by Crippen LogP contribution is -1.96. The van der Waals surface area contributed by atoms with Crippen LogP contribution in [0.3, 0.4) is 0 Å². The summed E-state index contributed by atoms with van der Waals surface area (Å²) in [6, 6.07) is 5.52. The highest BCUT2D eigenvalue weighted by molar-refractivity contribution is 5.80. The maximum absolute atomic E-state index is 5.49. The van der Waals surface area contributed by atoms with Crippen molar-refractivity contribution in [1.29, 1.82) is 0 Å². The standard InChI is InChI=1S/C9H10N2O2/c1-12-6-2-3-9-7(4-6)8(5-10)11-13-9/h2-4H,5,10H2,1H3. The number of aromatic nitrogens is 1. The molecule has 0 aliphatic rings. The molecule has 2 N–H and O–H groups in total. The molecule has 1 aromatic carbocycles. The smallest absolute Gasteiger partial charge is 0.167 e. The van der Waals surface area contributed by atoms with Crippen LogP contribution in [0.25, 0.3) is 11.0 Å². The largest absolute Gasteiger partial charge is 0.497 e. The van der Waals surface area contributed by atoms with E-state index in [2.05, 4.69) is 5.16 Å². The molecule has 0 radical (unpaired) electrons. The van der Waals surface area contributed by atoms with E-state index in [-0.39, 0.29) is 0 Å². The molecule has 0 saturated carbocycles. The molecule has 2 rings (SSSR count).